The fourth-order valence-electron chi connectivity index (χ4n) is 3.98. The van der Waals surface area contributed by atoms with Gasteiger partial charge in [0.2, 0.25) is 9.84 Å². The Bertz CT molecular complexity index is 1370. The summed E-state index contributed by atoms with van der Waals surface area (Å²) in [4.78, 5) is 0.427. The minimum atomic E-state index is -3.62. The highest BCUT2D eigenvalue weighted by Gasteiger charge is 2.23. The van der Waals surface area contributed by atoms with Gasteiger partial charge in [-0.2, -0.15) is 0 Å². The molecule has 4 nitrogen and oxygen atoms in total. The Morgan fingerprint density at radius 1 is 0.629 bits per heavy atom. The highest BCUT2D eigenvalue weighted by Crippen LogP contribution is 2.34. The molecule has 0 aliphatic heterocycles. The van der Waals surface area contributed by atoms with E-state index in [2.05, 4.69) is 57.2 Å². The van der Waals surface area contributed by atoms with Crippen molar-refractivity contribution in [2.24, 2.45) is 0 Å². The predicted octanol–water partition coefficient (Wildman–Crippen LogP) is 7.21. The van der Waals surface area contributed by atoms with E-state index >= 15 is 0 Å². The van der Waals surface area contributed by atoms with Gasteiger partial charge in [-0.05, 0) is 83.8 Å². The van der Waals surface area contributed by atoms with Crippen molar-refractivity contribution in [3.8, 4) is 17.2 Å². The molecule has 35 heavy (non-hydrogen) atoms. The van der Waals surface area contributed by atoms with Gasteiger partial charge in [-0.15, -0.1) is 0 Å². The number of hydrogen-bond donors (Lipinski definition) is 0. The summed E-state index contributed by atoms with van der Waals surface area (Å²) in [5, 5.41) is 0. The second-order valence-electron chi connectivity index (χ2n) is 8.95. The monoisotopic (exact) mass is 486 g/mol. The number of rotatable bonds is 8. The van der Waals surface area contributed by atoms with E-state index in [4.69, 9.17) is 9.47 Å². The predicted molar refractivity (Wildman–Crippen MR) is 139 cm³/mol. The molecule has 0 spiro atoms. The molecule has 5 heteroatoms. The van der Waals surface area contributed by atoms with E-state index < -0.39 is 9.84 Å². The lowest BCUT2D eigenvalue weighted by molar-refractivity contribution is 0.414. The first-order chi connectivity index (χ1) is 16.7. The van der Waals surface area contributed by atoms with Gasteiger partial charge in [0.25, 0.3) is 0 Å². The number of sulfone groups is 1. The summed E-state index contributed by atoms with van der Waals surface area (Å²) in [6.07, 6.45) is 1.03. The van der Waals surface area contributed by atoms with Crippen LogP contribution in [0.2, 0.25) is 0 Å². The SMILES string of the molecule is CCc1ccc(C(C)(C)c2ccc(Oc3ccc(S(=O)(=O)c4ccc(OC)cc4)cc3)cc2)cc1. The van der Waals surface area contributed by atoms with Gasteiger partial charge in [-0.3, -0.25) is 0 Å². The van der Waals surface area contributed by atoms with E-state index in [-0.39, 0.29) is 15.2 Å². The van der Waals surface area contributed by atoms with Gasteiger partial charge >= 0.3 is 0 Å². The van der Waals surface area contributed by atoms with Crippen LogP contribution >= 0.6 is 0 Å². The summed E-state index contributed by atoms with van der Waals surface area (Å²) in [6, 6.07) is 29.6. The highest BCUT2D eigenvalue weighted by molar-refractivity contribution is 7.91. The first kappa shape index (κ1) is 24.6. The molecule has 0 aliphatic carbocycles. The van der Waals surface area contributed by atoms with Crippen LogP contribution in [0.25, 0.3) is 0 Å². The molecule has 0 saturated carbocycles. The molecule has 0 amide bonds. The maximum atomic E-state index is 12.9. The number of hydrogen-bond acceptors (Lipinski definition) is 4. The number of benzene rings is 4. The molecule has 4 aromatic carbocycles. The molecule has 0 aromatic heterocycles. The van der Waals surface area contributed by atoms with E-state index in [0.717, 1.165) is 6.42 Å². The summed E-state index contributed by atoms with van der Waals surface area (Å²) in [5.41, 5.74) is 3.64. The van der Waals surface area contributed by atoms with E-state index in [1.807, 2.05) is 12.1 Å². The standard InChI is InChI=1S/C30H30O4S/c1-5-22-6-8-23(9-7-22)30(2,3)24-10-12-26(13-11-24)34-27-16-20-29(21-17-27)35(31,32)28-18-14-25(33-4)15-19-28/h6-21H,5H2,1-4H3. The van der Waals surface area contributed by atoms with Gasteiger partial charge < -0.3 is 9.47 Å². The molecule has 0 radical (unpaired) electrons. The average Bonchev–Trinajstić information content (AvgIpc) is 2.89. The highest BCUT2D eigenvalue weighted by atomic mass is 32.2. The Balaban J connectivity index is 1.47. The molecule has 0 atom stereocenters. The van der Waals surface area contributed by atoms with E-state index in [0.29, 0.717) is 17.2 Å². The minimum Gasteiger partial charge on any atom is -0.497 e. The van der Waals surface area contributed by atoms with Crippen molar-refractivity contribution in [3.63, 3.8) is 0 Å². The van der Waals surface area contributed by atoms with Gasteiger partial charge in [0.15, 0.2) is 0 Å². The smallest absolute Gasteiger partial charge is 0.206 e. The first-order valence-electron chi connectivity index (χ1n) is 11.6. The van der Waals surface area contributed by atoms with Crippen molar-refractivity contribution in [2.75, 3.05) is 7.11 Å². The molecule has 0 aliphatic rings. The maximum absolute atomic E-state index is 12.9. The van der Waals surface area contributed by atoms with Crippen molar-refractivity contribution in [1.29, 1.82) is 0 Å². The zero-order chi connectivity index (χ0) is 25.1. The topological polar surface area (TPSA) is 52.6 Å². The normalized spacial score (nSPS) is 11.8. The molecule has 4 rings (SSSR count). The Kier molecular flexibility index (Phi) is 6.99. The lowest BCUT2D eigenvalue weighted by Gasteiger charge is -2.26. The van der Waals surface area contributed by atoms with Crippen molar-refractivity contribution < 1.29 is 17.9 Å². The molecular weight excluding hydrogens is 456 g/mol. The van der Waals surface area contributed by atoms with Crippen LogP contribution in [0.4, 0.5) is 0 Å². The van der Waals surface area contributed by atoms with Crippen LogP contribution in [0.1, 0.15) is 37.5 Å². The third kappa shape index (κ3) is 5.25. The fraction of sp³-hybridized carbons (Fsp3) is 0.200. The molecule has 0 unspecified atom stereocenters. The molecule has 4 aromatic rings. The summed E-state index contributed by atoms with van der Waals surface area (Å²) in [6.45, 7) is 6.59. The molecule has 0 N–H and O–H groups in total. The Morgan fingerprint density at radius 3 is 1.46 bits per heavy atom. The number of ether oxygens (including phenoxy) is 2. The minimum absolute atomic E-state index is 0.137. The van der Waals surface area contributed by atoms with Crippen LogP contribution < -0.4 is 9.47 Å². The number of aryl methyl sites for hydroxylation is 1. The molecule has 180 valence electrons. The van der Waals surface area contributed by atoms with Crippen molar-refractivity contribution in [2.45, 2.75) is 42.4 Å². The van der Waals surface area contributed by atoms with Gasteiger partial charge in [-0.1, -0.05) is 57.2 Å². The van der Waals surface area contributed by atoms with Crippen LogP contribution in [0.5, 0.6) is 17.2 Å². The van der Waals surface area contributed by atoms with Crippen molar-refractivity contribution in [3.05, 3.63) is 114 Å². The zero-order valence-electron chi connectivity index (χ0n) is 20.5. The molecule has 0 fully saturated rings. The summed E-state index contributed by atoms with van der Waals surface area (Å²) in [5.74, 6) is 1.87. The first-order valence-corrected chi connectivity index (χ1v) is 13.1. The fourth-order valence-corrected chi connectivity index (χ4v) is 5.24. The Labute approximate surface area is 208 Å². The second kappa shape index (κ2) is 9.96. The summed E-state index contributed by atoms with van der Waals surface area (Å²) >= 11 is 0. The van der Waals surface area contributed by atoms with Crippen LogP contribution in [0, 0.1) is 0 Å². The lowest BCUT2D eigenvalue weighted by atomic mass is 9.78. The third-order valence-corrected chi connectivity index (χ3v) is 8.18. The summed E-state index contributed by atoms with van der Waals surface area (Å²) in [7, 11) is -2.07. The quantitative estimate of drug-likeness (QED) is 0.264. The van der Waals surface area contributed by atoms with Gasteiger partial charge in [0, 0.05) is 5.41 Å². The van der Waals surface area contributed by atoms with Gasteiger partial charge in [-0.25, -0.2) is 8.42 Å². The Hall–Kier alpha value is -3.57. The van der Waals surface area contributed by atoms with Crippen molar-refractivity contribution >= 4 is 9.84 Å². The Morgan fingerprint density at radius 2 is 1.03 bits per heavy atom. The van der Waals surface area contributed by atoms with E-state index in [1.54, 1.807) is 55.6 Å². The van der Waals surface area contributed by atoms with Crippen LogP contribution in [-0.2, 0) is 21.7 Å². The number of methoxy groups -OCH3 is 1. The summed E-state index contributed by atoms with van der Waals surface area (Å²) < 4.78 is 36.9. The van der Waals surface area contributed by atoms with Crippen LogP contribution in [0.15, 0.2) is 107 Å². The largest absolute Gasteiger partial charge is 0.497 e. The lowest BCUT2D eigenvalue weighted by Crippen LogP contribution is -2.18. The molecule has 0 saturated heterocycles. The maximum Gasteiger partial charge on any atom is 0.206 e. The van der Waals surface area contributed by atoms with E-state index in [1.165, 1.54) is 16.7 Å². The van der Waals surface area contributed by atoms with Crippen molar-refractivity contribution in [1.82, 2.24) is 0 Å². The zero-order valence-corrected chi connectivity index (χ0v) is 21.3. The van der Waals surface area contributed by atoms with E-state index in [9.17, 15) is 8.42 Å². The second-order valence-corrected chi connectivity index (χ2v) is 10.9. The van der Waals surface area contributed by atoms with Gasteiger partial charge in [0.1, 0.15) is 17.2 Å². The average molecular weight is 487 g/mol. The van der Waals surface area contributed by atoms with Gasteiger partial charge in [0.05, 0.1) is 16.9 Å². The van der Waals surface area contributed by atoms with Crippen LogP contribution in [-0.4, -0.2) is 15.5 Å². The molecule has 0 bridgehead atoms. The molecule has 0 heterocycles. The van der Waals surface area contributed by atoms with Crippen LogP contribution in [0.3, 0.4) is 0 Å². The molecular formula is C30H30O4S. The third-order valence-electron chi connectivity index (χ3n) is 6.40.